The van der Waals surface area contributed by atoms with Crippen LogP contribution < -0.4 is 15.3 Å². The molecule has 0 aliphatic carbocycles. The maximum absolute atomic E-state index is 13.1. The van der Waals surface area contributed by atoms with Gasteiger partial charge in [0, 0.05) is 18.8 Å². The minimum Gasteiger partial charge on any atom is -0.300 e. The molecule has 4 nitrogen and oxygen atoms in total. The van der Waals surface area contributed by atoms with Crippen molar-refractivity contribution in [1.82, 2.24) is 5.09 Å². The van der Waals surface area contributed by atoms with Crippen molar-refractivity contribution >= 4 is 13.3 Å². The summed E-state index contributed by atoms with van der Waals surface area (Å²) in [6.45, 7) is 7.90. The minimum absolute atomic E-state index is 0.713. The van der Waals surface area contributed by atoms with Gasteiger partial charge in [-0.15, -0.1) is 0 Å². The van der Waals surface area contributed by atoms with Gasteiger partial charge in [0.15, 0.2) is 0 Å². The van der Waals surface area contributed by atoms with E-state index in [1.807, 2.05) is 16.8 Å². The first-order valence-electron chi connectivity index (χ1n) is 9.49. The van der Waals surface area contributed by atoms with Gasteiger partial charge in [0.2, 0.25) is 0 Å². The van der Waals surface area contributed by atoms with Crippen molar-refractivity contribution in [2.75, 3.05) is 17.8 Å². The van der Waals surface area contributed by atoms with Gasteiger partial charge in [0.05, 0.1) is 0 Å². The molecule has 1 atom stereocenters. The van der Waals surface area contributed by atoms with Crippen LogP contribution in [0.3, 0.4) is 0 Å². The molecule has 138 valence electrons. The fourth-order valence-corrected chi connectivity index (χ4v) is 4.29. The van der Waals surface area contributed by atoms with Gasteiger partial charge in [-0.25, -0.2) is 5.09 Å². The summed E-state index contributed by atoms with van der Waals surface area (Å²) in [5.41, 5.74) is 8.38. The lowest BCUT2D eigenvalue weighted by molar-refractivity contribution is 0.553. The normalized spacial score (nSPS) is 13.7. The lowest BCUT2D eigenvalue weighted by atomic mass is 10.2. The number of hydrogen-bond acceptors (Lipinski definition) is 1. The summed E-state index contributed by atoms with van der Waals surface area (Å²) in [6, 6.07) is 8.14. The second kappa shape index (κ2) is 11.7. The highest BCUT2D eigenvalue weighted by molar-refractivity contribution is 7.61. The predicted octanol–water partition coefficient (Wildman–Crippen LogP) is 5.62. The monoisotopic (exact) mass is 353 g/mol. The maximum atomic E-state index is 13.1. The molecule has 0 radical (unpaired) electrons. The van der Waals surface area contributed by atoms with Crippen LogP contribution in [0.1, 0.15) is 70.8 Å². The lowest BCUT2D eigenvalue weighted by Gasteiger charge is -2.31. The number of nitrogens with two attached hydrogens (primary N) is 1. The van der Waals surface area contributed by atoms with Crippen LogP contribution in [0.5, 0.6) is 0 Å². The van der Waals surface area contributed by atoms with E-state index in [0.717, 1.165) is 37.9 Å². The number of hydrogen-bond donors (Lipinski definition) is 2. The number of anilines is 1. The van der Waals surface area contributed by atoms with Crippen molar-refractivity contribution in [3.8, 4) is 0 Å². The van der Waals surface area contributed by atoms with Crippen molar-refractivity contribution in [1.29, 1.82) is 0 Å². The average molecular weight is 353 g/mol. The number of benzene rings is 1. The molecule has 1 rings (SSSR count). The SMILES string of the molecule is CCCCCCNP(N)(=O)N(CCCCCC)c1ccc(C)cc1. The van der Waals surface area contributed by atoms with Crippen LogP contribution in [0.15, 0.2) is 24.3 Å². The van der Waals surface area contributed by atoms with Gasteiger partial charge < -0.3 is 0 Å². The van der Waals surface area contributed by atoms with E-state index in [0.29, 0.717) is 6.54 Å². The van der Waals surface area contributed by atoms with E-state index >= 15 is 0 Å². The molecular formula is C19H36N3OP. The zero-order valence-corrected chi connectivity index (χ0v) is 16.7. The Labute approximate surface area is 148 Å². The van der Waals surface area contributed by atoms with Crippen LogP contribution in [0, 0.1) is 6.92 Å². The van der Waals surface area contributed by atoms with Gasteiger partial charge >= 0.3 is 7.59 Å². The first-order chi connectivity index (χ1) is 11.5. The van der Waals surface area contributed by atoms with Crippen LogP contribution >= 0.6 is 7.59 Å². The highest BCUT2D eigenvalue weighted by Crippen LogP contribution is 2.41. The molecule has 0 aliphatic heterocycles. The Balaban J connectivity index is 2.70. The maximum Gasteiger partial charge on any atom is 0.303 e. The van der Waals surface area contributed by atoms with Crippen molar-refractivity contribution in [3.63, 3.8) is 0 Å². The third kappa shape index (κ3) is 7.83. The molecule has 24 heavy (non-hydrogen) atoms. The molecule has 0 heterocycles. The Kier molecular flexibility index (Phi) is 10.3. The fraction of sp³-hybridized carbons (Fsp3) is 0.684. The zero-order chi connectivity index (χ0) is 17.8. The molecule has 3 N–H and O–H groups in total. The van der Waals surface area contributed by atoms with Gasteiger partial charge in [-0.2, -0.15) is 0 Å². The number of nitrogens with one attached hydrogen (secondary N) is 1. The zero-order valence-electron chi connectivity index (χ0n) is 15.8. The molecule has 1 unspecified atom stereocenters. The molecule has 0 aliphatic rings. The highest BCUT2D eigenvalue weighted by atomic mass is 31.2. The molecule has 0 bridgehead atoms. The second-order valence-corrected chi connectivity index (χ2v) is 8.66. The van der Waals surface area contributed by atoms with E-state index in [4.69, 9.17) is 5.50 Å². The fourth-order valence-electron chi connectivity index (χ4n) is 2.73. The molecule has 5 heteroatoms. The molecular weight excluding hydrogens is 317 g/mol. The van der Waals surface area contributed by atoms with Gasteiger partial charge in [-0.05, 0) is 31.9 Å². The summed E-state index contributed by atoms with van der Waals surface area (Å²) in [4.78, 5) is 0. The molecule has 1 aromatic rings. The minimum atomic E-state index is -3.05. The van der Waals surface area contributed by atoms with Crippen molar-refractivity contribution in [2.45, 2.75) is 72.1 Å². The average Bonchev–Trinajstić information content (AvgIpc) is 2.55. The van der Waals surface area contributed by atoms with Gasteiger partial charge in [-0.3, -0.25) is 14.7 Å². The van der Waals surface area contributed by atoms with E-state index in [1.54, 1.807) is 0 Å². The lowest BCUT2D eigenvalue weighted by Crippen LogP contribution is -2.34. The van der Waals surface area contributed by atoms with E-state index in [9.17, 15) is 4.57 Å². The van der Waals surface area contributed by atoms with E-state index in [-0.39, 0.29) is 0 Å². The van der Waals surface area contributed by atoms with Crippen LogP contribution in [0.4, 0.5) is 5.69 Å². The Bertz CT molecular complexity index is 490. The first-order valence-corrected chi connectivity index (χ1v) is 11.2. The van der Waals surface area contributed by atoms with Crippen LogP contribution in [-0.2, 0) is 4.57 Å². The molecule has 0 fully saturated rings. The summed E-state index contributed by atoms with van der Waals surface area (Å²) in [5.74, 6) is 0. The third-order valence-corrected chi connectivity index (χ3v) is 6.11. The molecule has 0 amide bonds. The van der Waals surface area contributed by atoms with E-state index in [1.165, 1.54) is 31.2 Å². The smallest absolute Gasteiger partial charge is 0.300 e. The largest absolute Gasteiger partial charge is 0.303 e. The standard InChI is InChI=1S/C19H36N3OP/c1-4-6-8-10-16-21-24(20,23)22(17-11-9-7-5-2)19-14-12-18(3)13-15-19/h12-15H,4-11,16-17H2,1-3H3,(H3,20,21,23). The Hall–Kier alpha value is -0.830. The molecule has 0 saturated carbocycles. The Morgan fingerprint density at radius 2 is 1.54 bits per heavy atom. The van der Waals surface area contributed by atoms with Gasteiger partial charge in [0.25, 0.3) is 0 Å². The Morgan fingerprint density at radius 1 is 0.958 bits per heavy atom. The van der Waals surface area contributed by atoms with Crippen LogP contribution in [0.2, 0.25) is 0 Å². The molecule has 0 aromatic heterocycles. The topological polar surface area (TPSA) is 58.4 Å². The van der Waals surface area contributed by atoms with Crippen LogP contribution in [0.25, 0.3) is 0 Å². The highest BCUT2D eigenvalue weighted by Gasteiger charge is 2.25. The Morgan fingerprint density at radius 3 is 2.12 bits per heavy atom. The van der Waals surface area contributed by atoms with E-state index < -0.39 is 7.59 Å². The second-order valence-electron chi connectivity index (χ2n) is 6.61. The number of nitrogens with zero attached hydrogens (tertiary/aromatic N) is 1. The van der Waals surface area contributed by atoms with Gasteiger partial charge in [-0.1, -0.05) is 70.1 Å². The summed E-state index contributed by atoms with van der Waals surface area (Å²) in [7, 11) is -3.05. The van der Waals surface area contributed by atoms with Crippen LogP contribution in [-0.4, -0.2) is 13.1 Å². The summed E-state index contributed by atoms with van der Waals surface area (Å²) in [5, 5.41) is 3.13. The number of rotatable bonds is 13. The number of aryl methyl sites for hydroxylation is 1. The third-order valence-electron chi connectivity index (χ3n) is 4.28. The number of unbranched alkanes of at least 4 members (excludes halogenated alkanes) is 6. The predicted molar refractivity (Wildman–Crippen MR) is 107 cm³/mol. The van der Waals surface area contributed by atoms with Crippen molar-refractivity contribution in [2.24, 2.45) is 5.50 Å². The van der Waals surface area contributed by atoms with Crippen molar-refractivity contribution < 1.29 is 4.57 Å². The van der Waals surface area contributed by atoms with Gasteiger partial charge in [0.1, 0.15) is 0 Å². The molecule has 0 spiro atoms. The summed E-state index contributed by atoms with van der Waals surface area (Å²) >= 11 is 0. The first kappa shape index (κ1) is 21.2. The van der Waals surface area contributed by atoms with E-state index in [2.05, 4.69) is 38.0 Å². The van der Waals surface area contributed by atoms with Crippen molar-refractivity contribution in [3.05, 3.63) is 29.8 Å². The molecule has 1 aromatic carbocycles. The summed E-state index contributed by atoms with van der Waals surface area (Å²) < 4.78 is 15.0. The quantitative estimate of drug-likeness (QED) is 0.357. The summed E-state index contributed by atoms with van der Waals surface area (Å²) in [6.07, 6.45) is 9.16. The molecule has 0 saturated heterocycles.